The number of rotatable bonds is 11. The standard InChI is InChI=1S/C36H48ClN5O7/c1-5-7-25(28(43)32(46)38-23-10-11-23)39-31(45)27-19-36(18-26(41-49-36)21-8-6-9-22(37)16-21)20-42(27)33(47)29(34(2,3)4)40-30(44)24-17-35(24)12-14-48-15-13-35/h6,8-9,16,23-25,27,29H,5,7,10-15,17-20H2,1-4H3,(H,38,46)(H,39,45)(H,40,44)/t24-,25-,27-,29+,36+/m0/s1. The van der Waals surface area contributed by atoms with Gasteiger partial charge >= 0.3 is 0 Å². The zero-order valence-corrected chi connectivity index (χ0v) is 29.6. The van der Waals surface area contributed by atoms with Crippen molar-refractivity contribution in [1.29, 1.82) is 0 Å². The van der Waals surface area contributed by atoms with Crippen LogP contribution in [-0.4, -0.2) is 89.6 Å². The van der Waals surface area contributed by atoms with Gasteiger partial charge in [0.2, 0.25) is 23.5 Å². The predicted octanol–water partition coefficient (Wildman–Crippen LogP) is 3.28. The lowest BCUT2D eigenvalue weighted by Crippen LogP contribution is -2.59. The number of oxime groups is 1. The van der Waals surface area contributed by atoms with Gasteiger partial charge in [0.15, 0.2) is 5.60 Å². The van der Waals surface area contributed by atoms with Crippen LogP contribution in [0.4, 0.5) is 0 Å². The summed E-state index contributed by atoms with van der Waals surface area (Å²) in [5.74, 6) is -2.74. The molecular formula is C36H48ClN5O7. The first kappa shape index (κ1) is 35.3. The van der Waals surface area contributed by atoms with Crippen LogP contribution >= 0.6 is 11.6 Å². The van der Waals surface area contributed by atoms with Gasteiger partial charge in [-0.2, -0.15) is 0 Å². The molecule has 5 atom stereocenters. The first-order chi connectivity index (χ1) is 23.2. The van der Waals surface area contributed by atoms with E-state index in [4.69, 9.17) is 21.2 Å². The van der Waals surface area contributed by atoms with Crippen LogP contribution in [0.15, 0.2) is 29.4 Å². The maximum atomic E-state index is 14.6. The van der Waals surface area contributed by atoms with E-state index in [1.165, 1.54) is 4.90 Å². The Morgan fingerprint density at radius 2 is 1.80 bits per heavy atom. The number of carbonyl (C=O) groups excluding carboxylic acids is 5. The van der Waals surface area contributed by atoms with Gasteiger partial charge in [0, 0.05) is 48.6 Å². The lowest BCUT2D eigenvalue weighted by atomic mass is 9.85. The average molecular weight is 698 g/mol. The van der Waals surface area contributed by atoms with E-state index in [1.54, 1.807) is 12.1 Å². The largest absolute Gasteiger partial charge is 0.387 e. The molecule has 13 heteroatoms. The van der Waals surface area contributed by atoms with E-state index in [0.717, 1.165) is 37.7 Å². The Morgan fingerprint density at radius 3 is 2.45 bits per heavy atom. The van der Waals surface area contributed by atoms with Crippen LogP contribution < -0.4 is 16.0 Å². The second kappa shape index (κ2) is 13.7. The number of ketones is 1. The van der Waals surface area contributed by atoms with Gasteiger partial charge in [0.05, 0.1) is 18.3 Å². The molecule has 0 aromatic heterocycles. The number of likely N-dealkylation sites (tertiary alicyclic amines) is 1. The maximum Gasteiger partial charge on any atom is 0.289 e. The Bertz CT molecular complexity index is 1530. The first-order valence-electron chi connectivity index (χ1n) is 17.6. The molecule has 12 nitrogen and oxygen atoms in total. The van der Waals surface area contributed by atoms with Crippen molar-refractivity contribution in [2.45, 2.75) is 115 Å². The third-order valence-electron chi connectivity index (χ3n) is 10.7. The van der Waals surface area contributed by atoms with Crippen molar-refractivity contribution < 1.29 is 33.5 Å². The summed E-state index contributed by atoms with van der Waals surface area (Å²) in [7, 11) is 0. The lowest BCUT2D eigenvalue weighted by Gasteiger charge is -2.36. The van der Waals surface area contributed by atoms with Crippen molar-refractivity contribution in [3.63, 3.8) is 0 Å². The van der Waals surface area contributed by atoms with E-state index >= 15 is 0 Å². The minimum absolute atomic E-state index is 0.00746. The second-order valence-corrected chi connectivity index (χ2v) is 16.1. The number of Topliss-reactive ketones (excluding diaryl/α,β-unsaturated/α-hetero) is 1. The van der Waals surface area contributed by atoms with Crippen LogP contribution in [0.25, 0.3) is 0 Å². The minimum atomic E-state index is -1.05. The molecule has 266 valence electrons. The summed E-state index contributed by atoms with van der Waals surface area (Å²) in [6.45, 7) is 8.81. The Hall–Kier alpha value is -3.51. The summed E-state index contributed by atoms with van der Waals surface area (Å²) in [5.41, 5.74) is -0.369. The fraction of sp³-hybridized carbons (Fsp3) is 0.667. The number of hydrogen-bond acceptors (Lipinski definition) is 8. The SMILES string of the molecule is CCC[C@H](NC(=O)[C@@H]1C[C@]2(CC(c3cccc(Cl)c3)=NO2)CN1C(=O)[C@@H](NC(=O)[C@@H]1CC12CCOCC2)C(C)(C)C)C(=O)C(=O)NC1CC1. The molecular weight excluding hydrogens is 650 g/mol. The van der Waals surface area contributed by atoms with Crippen molar-refractivity contribution in [2.75, 3.05) is 19.8 Å². The Kier molecular flexibility index (Phi) is 9.85. The van der Waals surface area contributed by atoms with Crippen LogP contribution in [0, 0.1) is 16.7 Å². The van der Waals surface area contributed by atoms with Gasteiger partial charge in [0.25, 0.3) is 5.91 Å². The molecule has 0 unspecified atom stereocenters. The summed E-state index contributed by atoms with van der Waals surface area (Å²) < 4.78 is 5.52. The lowest BCUT2D eigenvalue weighted by molar-refractivity contribution is -0.145. The van der Waals surface area contributed by atoms with Gasteiger partial charge in [-0.25, -0.2) is 0 Å². The number of benzene rings is 1. The van der Waals surface area contributed by atoms with E-state index in [9.17, 15) is 24.0 Å². The summed E-state index contributed by atoms with van der Waals surface area (Å²) >= 11 is 6.25. The highest BCUT2D eigenvalue weighted by Crippen LogP contribution is 2.59. The second-order valence-electron chi connectivity index (χ2n) is 15.7. The summed E-state index contributed by atoms with van der Waals surface area (Å²) in [6, 6.07) is 4.21. The number of ether oxygens (including phenoxy) is 1. The molecule has 49 heavy (non-hydrogen) atoms. The molecule has 2 aliphatic carbocycles. The number of halogens is 1. The summed E-state index contributed by atoms with van der Waals surface area (Å²) in [6.07, 6.45) is 5.30. The van der Waals surface area contributed by atoms with E-state index in [-0.39, 0.29) is 42.7 Å². The van der Waals surface area contributed by atoms with Gasteiger partial charge in [0.1, 0.15) is 12.1 Å². The highest BCUT2D eigenvalue weighted by Gasteiger charge is 2.60. The fourth-order valence-corrected chi connectivity index (χ4v) is 7.72. The number of nitrogens with zero attached hydrogens (tertiary/aromatic N) is 2. The van der Waals surface area contributed by atoms with E-state index in [2.05, 4.69) is 21.1 Å². The molecule has 5 aliphatic rings. The fourth-order valence-electron chi connectivity index (χ4n) is 7.53. The van der Waals surface area contributed by atoms with Gasteiger partial charge in [-0.15, -0.1) is 0 Å². The Labute approximate surface area is 292 Å². The summed E-state index contributed by atoms with van der Waals surface area (Å²) in [4.78, 5) is 75.9. The molecule has 2 saturated heterocycles. The van der Waals surface area contributed by atoms with Crippen molar-refractivity contribution >= 4 is 46.7 Å². The van der Waals surface area contributed by atoms with Gasteiger partial charge in [-0.05, 0) is 61.5 Å². The maximum absolute atomic E-state index is 14.6. The van der Waals surface area contributed by atoms with Gasteiger partial charge in [-0.3, -0.25) is 24.0 Å². The smallest absolute Gasteiger partial charge is 0.289 e. The molecule has 3 N–H and O–H groups in total. The Morgan fingerprint density at radius 1 is 1.06 bits per heavy atom. The molecule has 0 radical (unpaired) electrons. The van der Waals surface area contributed by atoms with Crippen LogP contribution in [0.5, 0.6) is 0 Å². The van der Waals surface area contributed by atoms with Crippen LogP contribution in [0.1, 0.15) is 91.0 Å². The molecule has 4 fully saturated rings. The first-order valence-corrected chi connectivity index (χ1v) is 18.0. The highest BCUT2D eigenvalue weighted by molar-refractivity contribution is 6.38. The van der Waals surface area contributed by atoms with Crippen LogP contribution in [-0.2, 0) is 33.5 Å². The van der Waals surface area contributed by atoms with Crippen molar-refractivity contribution in [1.82, 2.24) is 20.9 Å². The number of nitrogens with one attached hydrogen (secondary N) is 3. The summed E-state index contributed by atoms with van der Waals surface area (Å²) in [5, 5.41) is 13.5. The molecule has 1 aromatic carbocycles. The quantitative estimate of drug-likeness (QED) is 0.300. The highest BCUT2D eigenvalue weighted by atomic mass is 35.5. The van der Waals surface area contributed by atoms with E-state index < -0.39 is 52.6 Å². The Balaban J connectivity index is 1.24. The predicted molar refractivity (Wildman–Crippen MR) is 182 cm³/mol. The third kappa shape index (κ3) is 7.65. The number of carbonyl (C=O) groups is 5. The number of hydrogen-bond donors (Lipinski definition) is 3. The van der Waals surface area contributed by atoms with E-state index in [1.807, 2.05) is 39.8 Å². The van der Waals surface area contributed by atoms with Gasteiger partial charge < -0.3 is 30.4 Å². The average Bonchev–Trinajstić information content (AvgIpc) is 3.93. The van der Waals surface area contributed by atoms with Crippen LogP contribution in [0.2, 0.25) is 5.02 Å². The normalized spacial score (nSPS) is 26.8. The zero-order valence-electron chi connectivity index (χ0n) is 28.8. The molecule has 2 spiro atoms. The van der Waals surface area contributed by atoms with Crippen molar-refractivity contribution in [3.8, 4) is 0 Å². The number of amides is 4. The van der Waals surface area contributed by atoms with Gasteiger partial charge in [-0.1, -0.05) is 63.0 Å². The molecule has 2 saturated carbocycles. The van der Waals surface area contributed by atoms with E-state index in [0.29, 0.717) is 36.8 Å². The monoisotopic (exact) mass is 697 g/mol. The van der Waals surface area contributed by atoms with Crippen molar-refractivity contribution in [2.24, 2.45) is 21.9 Å². The topological polar surface area (TPSA) is 156 Å². The molecule has 1 aromatic rings. The van der Waals surface area contributed by atoms with Crippen LogP contribution in [0.3, 0.4) is 0 Å². The molecule has 6 rings (SSSR count). The molecule has 3 aliphatic heterocycles. The third-order valence-corrected chi connectivity index (χ3v) is 11.0. The zero-order chi connectivity index (χ0) is 35.1. The van der Waals surface area contributed by atoms with Crippen molar-refractivity contribution in [3.05, 3.63) is 34.9 Å². The molecule has 0 bridgehead atoms. The minimum Gasteiger partial charge on any atom is -0.387 e. The molecule has 3 heterocycles. The molecule has 4 amide bonds.